The number of carbonyl (C=O) groups excluding carboxylic acids is 2. The first kappa shape index (κ1) is 21.8. The van der Waals surface area contributed by atoms with Gasteiger partial charge in [-0.3, -0.25) is 14.7 Å². The van der Waals surface area contributed by atoms with Gasteiger partial charge in [-0.15, -0.1) is 10.2 Å². The molecule has 0 spiro atoms. The summed E-state index contributed by atoms with van der Waals surface area (Å²) in [6.07, 6.45) is 0. The van der Waals surface area contributed by atoms with Gasteiger partial charge in [0.2, 0.25) is 11.9 Å². The van der Waals surface area contributed by atoms with Gasteiger partial charge in [0.25, 0.3) is 0 Å². The monoisotopic (exact) mass is 452 g/mol. The van der Waals surface area contributed by atoms with Crippen LogP contribution >= 0.6 is 11.8 Å². The number of amides is 3. The van der Waals surface area contributed by atoms with Crippen molar-refractivity contribution in [3.8, 4) is 5.69 Å². The molecular formula is C22H24N6O3S. The van der Waals surface area contributed by atoms with E-state index in [-0.39, 0.29) is 5.75 Å². The first-order valence-electron chi connectivity index (χ1n) is 10.2. The number of aromatic nitrogens is 3. The Morgan fingerprint density at radius 2 is 1.75 bits per heavy atom. The third-order valence-corrected chi connectivity index (χ3v) is 5.75. The van der Waals surface area contributed by atoms with Gasteiger partial charge in [0.1, 0.15) is 0 Å². The Morgan fingerprint density at radius 3 is 2.47 bits per heavy atom. The SMILES string of the molecule is Cc1ccc(-n2c(SCC(=O)NC(=O)Nc3ccccc3)nnc2N2CCOCC2)cc1. The van der Waals surface area contributed by atoms with Crippen LogP contribution in [-0.4, -0.2) is 58.8 Å². The number of thioether (sulfide) groups is 1. The molecule has 10 heteroatoms. The third kappa shape index (κ3) is 5.45. The summed E-state index contributed by atoms with van der Waals surface area (Å²) >= 11 is 1.23. The largest absolute Gasteiger partial charge is 0.378 e. The van der Waals surface area contributed by atoms with Crippen LogP contribution in [0.4, 0.5) is 16.4 Å². The Bertz CT molecular complexity index is 1070. The van der Waals surface area contributed by atoms with Gasteiger partial charge in [-0.25, -0.2) is 4.79 Å². The summed E-state index contributed by atoms with van der Waals surface area (Å²) in [5.74, 6) is 0.312. The lowest BCUT2D eigenvalue weighted by Crippen LogP contribution is -2.38. The number of carbonyl (C=O) groups is 2. The molecular weight excluding hydrogens is 428 g/mol. The van der Waals surface area contributed by atoms with E-state index < -0.39 is 11.9 Å². The Balaban J connectivity index is 1.45. The fourth-order valence-corrected chi connectivity index (χ4v) is 3.97. The molecule has 2 heterocycles. The van der Waals surface area contributed by atoms with Crippen LogP contribution < -0.4 is 15.5 Å². The van der Waals surface area contributed by atoms with Crippen LogP contribution in [-0.2, 0) is 9.53 Å². The molecule has 0 atom stereocenters. The zero-order valence-electron chi connectivity index (χ0n) is 17.7. The summed E-state index contributed by atoms with van der Waals surface area (Å²) in [6.45, 7) is 4.72. The van der Waals surface area contributed by atoms with Crippen molar-refractivity contribution in [2.75, 3.05) is 42.3 Å². The molecule has 166 valence electrons. The molecule has 1 saturated heterocycles. The number of nitrogens with zero attached hydrogens (tertiary/aromatic N) is 4. The summed E-state index contributed by atoms with van der Waals surface area (Å²) in [6, 6.07) is 16.4. The quantitative estimate of drug-likeness (QED) is 0.555. The second-order valence-corrected chi connectivity index (χ2v) is 8.15. The van der Waals surface area contributed by atoms with Crippen LogP contribution in [0.2, 0.25) is 0 Å². The molecule has 0 aliphatic carbocycles. The fraction of sp³-hybridized carbons (Fsp3) is 0.273. The van der Waals surface area contributed by atoms with E-state index in [1.54, 1.807) is 24.3 Å². The number of para-hydroxylation sites is 1. The Hall–Kier alpha value is -3.37. The van der Waals surface area contributed by atoms with Gasteiger partial charge < -0.3 is 15.0 Å². The highest BCUT2D eigenvalue weighted by molar-refractivity contribution is 7.99. The van der Waals surface area contributed by atoms with Crippen molar-refractivity contribution in [2.45, 2.75) is 12.1 Å². The van der Waals surface area contributed by atoms with Crippen molar-refractivity contribution < 1.29 is 14.3 Å². The Kier molecular flexibility index (Phi) is 7.03. The molecule has 1 aromatic heterocycles. The minimum Gasteiger partial charge on any atom is -0.378 e. The van der Waals surface area contributed by atoms with E-state index in [9.17, 15) is 9.59 Å². The molecule has 3 amide bonds. The molecule has 2 N–H and O–H groups in total. The number of hydrogen-bond acceptors (Lipinski definition) is 7. The van der Waals surface area contributed by atoms with Crippen molar-refractivity contribution in [3.05, 3.63) is 60.2 Å². The summed E-state index contributed by atoms with van der Waals surface area (Å²) in [5, 5.41) is 14.3. The highest BCUT2D eigenvalue weighted by Crippen LogP contribution is 2.27. The molecule has 0 bridgehead atoms. The Morgan fingerprint density at radius 1 is 1.03 bits per heavy atom. The summed E-state index contributed by atoms with van der Waals surface area (Å²) in [5.41, 5.74) is 2.67. The number of aryl methyl sites for hydroxylation is 1. The first-order chi connectivity index (χ1) is 15.6. The summed E-state index contributed by atoms with van der Waals surface area (Å²) < 4.78 is 7.39. The van der Waals surface area contributed by atoms with Gasteiger partial charge in [0.05, 0.1) is 24.7 Å². The van der Waals surface area contributed by atoms with E-state index in [2.05, 4.69) is 25.7 Å². The number of benzene rings is 2. The van der Waals surface area contributed by atoms with E-state index in [0.29, 0.717) is 30.0 Å². The van der Waals surface area contributed by atoms with Gasteiger partial charge in [0.15, 0.2) is 5.16 Å². The average molecular weight is 453 g/mol. The number of ether oxygens (including phenoxy) is 1. The molecule has 0 saturated carbocycles. The molecule has 9 nitrogen and oxygen atoms in total. The second-order valence-electron chi connectivity index (χ2n) is 7.21. The van der Waals surface area contributed by atoms with Crippen LogP contribution in [0.5, 0.6) is 0 Å². The Labute approximate surface area is 190 Å². The van der Waals surface area contributed by atoms with Crippen LogP contribution in [0.1, 0.15) is 5.56 Å². The molecule has 1 aliphatic rings. The van der Waals surface area contributed by atoms with E-state index >= 15 is 0 Å². The van der Waals surface area contributed by atoms with Gasteiger partial charge in [-0.1, -0.05) is 47.7 Å². The lowest BCUT2D eigenvalue weighted by Gasteiger charge is -2.27. The number of rotatable bonds is 6. The van der Waals surface area contributed by atoms with E-state index in [0.717, 1.165) is 24.3 Å². The molecule has 0 unspecified atom stereocenters. The molecule has 32 heavy (non-hydrogen) atoms. The van der Waals surface area contributed by atoms with Crippen molar-refractivity contribution in [3.63, 3.8) is 0 Å². The summed E-state index contributed by atoms with van der Waals surface area (Å²) in [7, 11) is 0. The van der Waals surface area contributed by atoms with Gasteiger partial charge >= 0.3 is 6.03 Å². The van der Waals surface area contributed by atoms with Gasteiger partial charge in [0, 0.05) is 18.8 Å². The average Bonchev–Trinajstić information content (AvgIpc) is 3.23. The minimum atomic E-state index is -0.573. The molecule has 3 aromatic rings. The second kappa shape index (κ2) is 10.3. The number of hydrogen-bond donors (Lipinski definition) is 2. The maximum absolute atomic E-state index is 12.3. The van der Waals surface area contributed by atoms with Crippen LogP contribution in [0.3, 0.4) is 0 Å². The molecule has 2 aromatic carbocycles. The van der Waals surface area contributed by atoms with Crippen LogP contribution in [0, 0.1) is 6.92 Å². The maximum Gasteiger partial charge on any atom is 0.325 e. The van der Waals surface area contributed by atoms with Gasteiger partial charge in [-0.05, 0) is 31.2 Å². The van der Waals surface area contributed by atoms with E-state index in [1.165, 1.54) is 11.8 Å². The minimum absolute atomic E-state index is 0.0231. The summed E-state index contributed by atoms with van der Waals surface area (Å²) in [4.78, 5) is 26.5. The molecule has 4 rings (SSSR count). The van der Waals surface area contributed by atoms with Crippen molar-refractivity contribution >= 4 is 35.3 Å². The lowest BCUT2D eigenvalue weighted by atomic mass is 10.2. The molecule has 1 fully saturated rings. The molecule has 1 aliphatic heterocycles. The topological polar surface area (TPSA) is 101 Å². The van der Waals surface area contributed by atoms with Gasteiger partial charge in [-0.2, -0.15) is 0 Å². The van der Waals surface area contributed by atoms with Crippen molar-refractivity contribution in [1.82, 2.24) is 20.1 Å². The number of imide groups is 1. The zero-order valence-corrected chi connectivity index (χ0v) is 18.5. The van der Waals surface area contributed by atoms with Crippen molar-refractivity contribution in [2.24, 2.45) is 0 Å². The van der Waals surface area contributed by atoms with E-state index in [4.69, 9.17) is 4.74 Å². The van der Waals surface area contributed by atoms with E-state index in [1.807, 2.05) is 41.8 Å². The van der Waals surface area contributed by atoms with Crippen molar-refractivity contribution in [1.29, 1.82) is 0 Å². The fourth-order valence-electron chi connectivity index (χ4n) is 3.22. The van der Waals surface area contributed by atoms with Crippen LogP contribution in [0.25, 0.3) is 5.69 Å². The third-order valence-electron chi connectivity index (χ3n) is 4.82. The number of morpholine rings is 1. The highest BCUT2D eigenvalue weighted by Gasteiger charge is 2.22. The predicted octanol–water partition coefficient (Wildman–Crippen LogP) is 2.85. The zero-order chi connectivity index (χ0) is 22.3. The lowest BCUT2D eigenvalue weighted by molar-refractivity contribution is -0.117. The normalized spacial score (nSPS) is 13.6. The highest BCUT2D eigenvalue weighted by atomic mass is 32.2. The smallest absolute Gasteiger partial charge is 0.325 e. The number of anilines is 2. The molecule has 0 radical (unpaired) electrons. The first-order valence-corrected chi connectivity index (χ1v) is 11.2. The predicted molar refractivity (Wildman–Crippen MR) is 123 cm³/mol. The maximum atomic E-state index is 12.3. The number of nitrogens with one attached hydrogen (secondary N) is 2. The van der Waals surface area contributed by atoms with Crippen LogP contribution in [0.15, 0.2) is 59.8 Å². The number of urea groups is 1. The standard InChI is InChI=1S/C22H24N6O3S/c1-16-7-9-18(10-8-16)28-21(27-11-13-31-14-12-27)25-26-22(28)32-15-19(29)24-20(30)23-17-5-3-2-4-6-17/h2-10H,11-15H2,1H3,(H2,23,24,29,30).